The van der Waals surface area contributed by atoms with E-state index in [4.69, 9.17) is 24.2 Å². The molecule has 0 saturated heterocycles. The van der Waals surface area contributed by atoms with Gasteiger partial charge in [-0.05, 0) is 63.4 Å². The van der Waals surface area contributed by atoms with Crippen LogP contribution in [0.3, 0.4) is 0 Å². The van der Waals surface area contributed by atoms with E-state index in [0.717, 1.165) is 39.0 Å². The molecule has 0 aliphatic carbocycles. The lowest BCUT2D eigenvalue weighted by Crippen LogP contribution is -2.56. The second-order valence-corrected chi connectivity index (χ2v) is 19.8. The number of benzene rings is 1. The number of aryl methyl sites for hydroxylation is 1. The van der Waals surface area contributed by atoms with Gasteiger partial charge in [0.2, 0.25) is 0 Å². The maximum Gasteiger partial charge on any atom is 0.358 e. The summed E-state index contributed by atoms with van der Waals surface area (Å²) in [7, 11) is 0.479. The van der Waals surface area contributed by atoms with E-state index in [1.54, 1.807) is 25.4 Å². The Labute approximate surface area is 274 Å². The summed E-state index contributed by atoms with van der Waals surface area (Å²) in [6.07, 6.45) is 5.73. The number of carbonyl (C=O) groups is 1. The number of methoxy groups -OCH3 is 1. The summed E-state index contributed by atoms with van der Waals surface area (Å²) in [5, 5.41) is 14.8. The fourth-order valence-corrected chi connectivity index (χ4v) is 7.68. The van der Waals surface area contributed by atoms with Gasteiger partial charge in [0.1, 0.15) is 12.4 Å². The van der Waals surface area contributed by atoms with E-state index in [-0.39, 0.29) is 13.2 Å². The minimum Gasteiger partial charge on any atom is -0.461 e. The molecular formula is C31H46N6O5S2Si. The highest BCUT2D eigenvalue weighted by atomic mass is 32.1. The van der Waals surface area contributed by atoms with Gasteiger partial charge in [-0.25, -0.2) is 9.78 Å². The van der Waals surface area contributed by atoms with Crippen LogP contribution in [0.25, 0.3) is 10.2 Å². The topological polar surface area (TPSA) is 123 Å². The standard InChI is InChI=1S/C31H46N6O5S2Si/c1-7-42-28(39)27-25(14-10-18-38)44-30(33-27)37(17-11-19-40-3)31(2)16-15-26(34-35-31)32-29-36(22-41-20-21-45(4,5)6)23-12-8-9-13-24(23)43-29/h8-9,12-13,15-16,35,38H,7,10-11,14,17-22H2,1-6H3. The normalized spacial score (nSPS) is 17.0. The van der Waals surface area contributed by atoms with Crippen molar-refractivity contribution >= 4 is 57.9 Å². The second kappa shape index (κ2) is 16.1. The first-order valence-corrected chi connectivity index (χ1v) is 20.7. The van der Waals surface area contributed by atoms with Crippen molar-refractivity contribution < 1.29 is 24.1 Å². The van der Waals surface area contributed by atoms with Crippen LogP contribution < -0.4 is 15.1 Å². The molecule has 1 unspecified atom stereocenters. The zero-order valence-corrected chi connectivity index (χ0v) is 29.8. The summed E-state index contributed by atoms with van der Waals surface area (Å²) >= 11 is 3.04. The number of ether oxygens (including phenoxy) is 3. The Morgan fingerprint density at radius 2 is 2.00 bits per heavy atom. The summed E-state index contributed by atoms with van der Waals surface area (Å²) in [4.78, 5) is 26.1. The monoisotopic (exact) mass is 674 g/mol. The number of esters is 1. The molecule has 0 spiro atoms. The first-order chi connectivity index (χ1) is 21.6. The SMILES string of the molecule is CCOC(=O)c1nc(N(CCCOC)C2(C)C=CC(N=c3sc4ccccc4n3COCC[Si](C)(C)C)=NN2)sc1CCCO. The molecule has 246 valence electrons. The Morgan fingerprint density at radius 3 is 2.69 bits per heavy atom. The van der Waals surface area contributed by atoms with Crippen molar-refractivity contribution in [3.05, 3.63) is 51.8 Å². The summed E-state index contributed by atoms with van der Waals surface area (Å²) in [6.45, 7) is 13.4. The third kappa shape index (κ3) is 9.33. The largest absolute Gasteiger partial charge is 0.461 e. The van der Waals surface area contributed by atoms with Crippen LogP contribution in [0.4, 0.5) is 5.13 Å². The molecule has 3 heterocycles. The Balaban J connectivity index is 1.62. The fourth-order valence-electron chi connectivity index (χ4n) is 4.67. The van der Waals surface area contributed by atoms with Gasteiger partial charge in [-0.2, -0.15) is 10.1 Å². The maximum absolute atomic E-state index is 12.8. The first kappa shape index (κ1) is 35.0. The highest BCUT2D eigenvalue weighted by molar-refractivity contribution is 7.16. The van der Waals surface area contributed by atoms with Crippen molar-refractivity contribution in [3.8, 4) is 0 Å². The predicted octanol–water partition coefficient (Wildman–Crippen LogP) is 5.21. The summed E-state index contributed by atoms with van der Waals surface area (Å²) in [5.41, 5.74) is 3.94. The molecule has 1 aliphatic heterocycles. The number of fused-ring (bicyclic) bond motifs is 1. The molecule has 2 aromatic heterocycles. The lowest BCUT2D eigenvalue weighted by atomic mass is 10.1. The molecule has 4 rings (SSSR count). The zero-order chi connectivity index (χ0) is 32.5. The minimum absolute atomic E-state index is 0.0282. The number of amidine groups is 1. The van der Waals surface area contributed by atoms with Crippen LogP contribution in [0.5, 0.6) is 0 Å². The number of anilines is 1. The predicted molar refractivity (Wildman–Crippen MR) is 185 cm³/mol. The Bertz CT molecular complexity index is 1560. The number of aliphatic hydroxyl groups is 1. The lowest BCUT2D eigenvalue weighted by Gasteiger charge is -2.40. The van der Waals surface area contributed by atoms with Gasteiger partial charge in [0.05, 0.1) is 16.8 Å². The molecule has 0 fully saturated rings. The van der Waals surface area contributed by atoms with Crippen LogP contribution in [-0.2, 0) is 27.4 Å². The molecule has 0 saturated carbocycles. The van der Waals surface area contributed by atoms with Crippen LogP contribution >= 0.6 is 22.7 Å². The van der Waals surface area contributed by atoms with E-state index >= 15 is 0 Å². The number of nitrogens with one attached hydrogen (secondary N) is 1. The van der Waals surface area contributed by atoms with Gasteiger partial charge in [0.25, 0.3) is 0 Å². The maximum atomic E-state index is 12.8. The molecule has 1 atom stereocenters. The Hall–Kier alpha value is -2.88. The molecule has 1 aromatic carbocycles. The number of hydrazone groups is 1. The fraction of sp³-hybridized carbons (Fsp3) is 0.548. The molecule has 2 N–H and O–H groups in total. The lowest BCUT2D eigenvalue weighted by molar-refractivity contribution is 0.0519. The number of nitrogens with zero attached hydrogens (tertiary/aromatic N) is 5. The van der Waals surface area contributed by atoms with E-state index in [9.17, 15) is 9.90 Å². The van der Waals surface area contributed by atoms with Crippen LogP contribution in [0.1, 0.15) is 42.1 Å². The number of hydrogen-bond donors (Lipinski definition) is 2. The van der Waals surface area contributed by atoms with Gasteiger partial charge in [-0.1, -0.05) is 43.1 Å². The van der Waals surface area contributed by atoms with Crippen molar-refractivity contribution in [3.63, 3.8) is 0 Å². The van der Waals surface area contributed by atoms with Crippen LogP contribution in [0, 0.1) is 0 Å². The Kier molecular flexibility index (Phi) is 12.5. The third-order valence-corrected chi connectivity index (χ3v) is 11.1. The molecular weight excluding hydrogens is 629 g/mol. The van der Waals surface area contributed by atoms with Gasteiger partial charge < -0.3 is 24.2 Å². The summed E-state index contributed by atoms with van der Waals surface area (Å²) in [6, 6.07) is 9.35. The quantitative estimate of drug-likeness (QED) is 0.121. The van der Waals surface area contributed by atoms with Crippen molar-refractivity contribution in [1.29, 1.82) is 0 Å². The summed E-state index contributed by atoms with van der Waals surface area (Å²) in [5.74, 6) is 0.0870. The molecule has 3 aromatic rings. The first-order valence-electron chi connectivity index (χ1n) is 15.4. The average Bonchev–Trinajstić information content (AvgIpc) is 3.58. The smallest absolute Gasteiger partial charge is 0.358 e. The van der Waals surface area contributed by atoms with E-state index in [0.29, 0.717) is 49.4 Å². The molecule has 11 nitrogen and oxygen atoms in total. The molecule has 0 bridgehead atoms. The van der Waals surface area contributed by atoms with Crippen LogP contribution in [-0.4, -0.2) is 80.3 Å². The van der Waals surface area contributed by atoms with Crippen molar-refractivity contribution in [2.45, 2.75) is 71.2 Å². The van der Waals surface area contributed by atoms with Crippen LogP contribution in [0.2, 0.25) is 25.7 Å². The molecule has 0 amide bonds. The highest BCUT2D eigenvalue weighted by Gasteiger charge is 2.34. The van der Waals surface area contributed by atoms with E-state index in [1.807, 2.05) is 31.2 Å². The second-order valence-electron chi connectivity index (χ2n) is 12.1. The van der Waals surface area contributed by atoms with E-state index in [2.05, 4.69) is 51.8 Å². The van der Waals surface area contributed by atoms with Crippen molar-refractivity contribution in [1.82, 2.24) is 15.0 Å². The zero-order valence-electron chi connectivity index (χ0n) is 27.2. The number of aliphatic hydroxyl groups excluding tert-OH is 1. The van der Waals surface area contributed by atoms with Gasteiger partial charge >= 0.3 is 5.97 Å². The van der Waals surface area contributed by atoms with Crippen LogP contribution in [0.15, 0.2) is 46.5 Å². The van der Waals surface area contributed by atoms with Crippen molar-refractivity contribution in [2.75, 3.05) is 45.0 Å². The Morgan fingerprint density at radius 1 is 1.20 bits per heavy atom. The molecule has 14 heteroatoms. The van der Waals surface area contributed by atoms with E-state index < -0.39 is 19.7 Å². The van der Waals surface area contributed by atoms with Gasteiger partial charge in [-0.15, -0.1) is 11.3 Å². The molecule has 1 aliphatic rings. The number of carbonyl (C=O) groups excluding carboxylic acids is 1. The highest BCUT2D eigenvalue weighted by Crippen LogP contribution is 2.33. The van der Waals surface area contributed by atoms with Crippen molar-refractivity contribution in [2.24, 2.45) is 10.1 Å². The molecule has 0 radical (unpaired) electrons. The van der Waals surface area contributed by atoms with Gasteiger partial charge in [0, 0.05) is 46.4 Å². The number of hydrogen-bond acceptors (Lipinski definition) is 12. The third-order valence-electron chi connectivity index (χ3n) is 7.21. The summed E-state index contributed by atoms with van der Waals surface area (Å²) < 4.78 is 20.0. The van der Waals surface area contributed by atoms with Gasteiger partial charge in [0.15, 0.2) is 21.5 Å². The number of thiazole rings is 2. The minimum atomic E-state index is -1.20. The van der Waals surface area contributed by atoms with Gasteiger partial charge in [-0.3, -0.25) is 9.99 Å². The number of rotatable bonds is 16. The molecule has 45 heavy (non-hydrogen) atoms. The average molecular weight is 675 g/mol. The number of para-hydroxylation sites is 1. The van der Waals surface area contributed by atoms with E-state index in [1.165, 1.54) is 11.3 Å². The number of aromatic nitrogens is 2.